The molecule has 0 amide bonds. The Morgan fingerprint density at radius 3 is 2.53 bits per heavy atom. The topological polar surface area (TPSA) is 38.0 Å². The number of benzene rings is 1. The lowest BCUT2D eigenvalue weighted by molar-refractivity contribution is 0.589. The van der Waals surface area contributed by atoms with Gasteiger partial charge in [0.2, 0.25) is 0 Å². The molecule has 5 heteroatoms. The van der Waals surface area contributed by atoms with Crippen LogP contribution < -0.4 is 11.1 Å². The summed E-state index contributed by atoms with van der Waals surface area (Å²) in [6.45, 7) is 0.481. The predicted molar refractivity (Wildman–Crippen MR) is 67.3 cm³/mol. The number of thiophene rings is 1. The maximum Gasteiger partial charge on any atom is 0.151 e. The van der Waals surface area contributed by atoms with Crippen molar-refractivity contribution in [2.24, 2.45) is 0 Å². The first-order valence-corrected chi connectivity index (χ1v) is 6.10. The van der Waals surface area contributed by atoms with Gasteiger partial charge in [-0.2, -0.15) is 11.3 Å². The molecule has 0 fully saturated rings. The molecule has 2 rings (SSSR count). The van der Waals surface area contributed by atoms with Crippen LogP contribution in [-0.4, -0.2) is 6.54 Å². The van der Waals surface area contributed by atoms with Gasteiger partial charge in [0.15, 0.2) is 11.6 Å². The smallest absolute Gasteiger partial charge is 0.151 e. The summed E-state index contributed by atoms with van der Waals surface area (Å²) in [5, 5.41) is 6.73. The molecule has 1 aromatic heterocycles. The summed E-state index contributed by atoms with van der Waals surface area (Å²) in [5.74, 6) is -1.32. The molecule has 17 heavy (non-hydrogen) atoms. The van der Waals surface area contributed by atoms with Crippen LogP contribution in [0.25, 0.3) is 0 Å². The van der Waals surface area contributed by atoms with Crippen molar-refractivity contribution in [3.63, 3.8) is 0 Å². The number of hydrogen-bond acceptors (Lipinski definition) is 3. The monoisotopic (exact) mass is 254 g/mol. The third kappa shape index (κ3) is 2.94. The van der Waals surface area contributed by atoms with Gasteiger partial charge >= 0.3 is 0 Å². The van der Waals surface area contributed by atoms with Crippen LogP contribution in [0.1, 0.15) is 5.56 Å². The van der Waals surface area contributed by atoms with Gasteiger partial charge in [0, 0.05) is 12.2 Å². The fourth-order valence-corrected chi connectivity index (χ4v) is 2.23. The molecule has 3 N–H and O–H groups in total. The van der Waals surface area contributed by atoms with E-state index in [1.165, 1.54) is 0 Å². The van der Waals surface area contributed by atoms with E-state index in [0.29, 0.717) is 6.54 Å². The zero-order valence-corrected chi connectivity index (χ0v) is 9.86. The minimum absolute atomic E-state index is 0.0865. The standard InChI is InChI=1S/C12H12F2N2S/c13-10-5-9(15)6-11(14)12(10)16-3-1-8-2-4-17-7-8/h2,4-7,16H,1,3,15H2. The van der Waals surface area contributed by atoms with Crippen molar-refractivity contribution < 1.29 is 8.78 Å². The van der Waals surface area contributed by atoms with Crippen molar-refractivity contribution in [2.45, 2.75) is 6.42 Å². The van der Waals surface area contributed by atoms with E-state index in [1.54, 1.807) is 11.3 Å². The van der Waals surface area contributed by atoms with Gasteiger partial charge in [0.25, 0.3) is 0 Å². The molecule has 0 saturated carbocycles. The van der Waals surface area contributed by atoms with E-state index in [9.17, 15) is 8.78 Å². The van der Waals surface area contributed by atoms with Crippen LogP contribution in [0.15, 0.2) is 29.0 Å². The van der Waals surface area contributed by atoms with E-state index < -0.39 is 11.6 Å². The molecular weight excluding hydrogens is 242 g/mol. The van der Waals surface area contributed by atoms with Crippen LogP contribution in [0.3, 0.4) is 0 Å². The fourth-order valence-electron chi connectivity index (χ4n) is 1.53. The molecule has 1 aromatic carbocycles. The number of nitrogens with two attached hydrogens (primary N) is 1. The molecule has 1 heterocycles. The van der Waals surface area contributed by atoms with E-state index in [1.807, 2.05) is 16.8 Å². The normalized spacial score (nSPS) is 10.5. The molecule has 0 unspecified atom stereocenters. The van der Waals surface area contributed by atoms with Crippen LogP contribution in [0.4, 0.5) is 20.2 Å². The van der Waals surface area contributed by atoms with Gasteiger partial charge < -0.3 is 11.1 Å². The molecule has 0 atom stereocenters. The lowest BCUT2D eigenvalue weighted by atomic mass is 10.2. The number of nitrogens with one attached hydrogen (secondary N) is 1. The molecular formula is C12H12F2N2S. The lowest BCUT2D eigenvalue weighted by Gasteiger charge is -2.08. The SMILES string of the molecule is Nc1cc(F)c(NCCc2ccsc2)c(F)c1. The molecule has 0 saturated heterocycles. The summed E-state index contributed by atoms with van der Waals surface area (Å²) in [5.41, 5.74) is 6.45. The van der Waals surface area contributed by atoms with Gasteiger partial charge in [-0.1, -0.05) is 0 Å². The third-order valence-electron chi connectivity index (χ3n) is 2.36. The summed E-state index contributed by atoms with van der Waals surface area (Å²) in [6, 6.07) is 4.20. The van der Waals surface area contributed by atoms with Crippen LogP contribution in [-0.2, 0) is 6.42 Å². The predicted octanol–water partition coefficient (Wildman–Crippen LogP) is 3.26. The summed E-state index contributed by atoms with van der Waals surface area (Å²) >= 11 is 1.60. The highest BCUT2D eigenvalue weighted by Gasteiger charge is 2.09. The van der Waals surface area contributed by atoms with E-state index in [-0.39, 0.29) is 11.4 Å². The van der Waals surface area contributed by atoms with Gasteiger partial charge in [-0.3, -0.25) is 0 Å². The molecule has 0 aliphatic carbocycles. The maximum atomic E-state index is 13.4. The van der Waals surface area contributed by atoms with Crippen molar-refractivity contribution in [1.82, 2.24) is 0 Å². The van der Waals surface area contributed by atoms with Gasteiger partial charge in [-0.25, -0.2) is 8.78 Å². The average Bonchev–Trinajstić information content (AvgIpc) is 2.74. The Hall–Kier alpha value is -1.62. The molecule has 0 radical (unpaired) electrons. The second-order valence-corrected chi connectivity index (χ2v) is 4.45. The summed E-state index contributed by atoms with van der Waals surface area (Å²) < 4.78 is 26.8. The van der Waals surface area contributed by atoms with E-state index >= 15 is 0 Å². The third-order valence-corrected chi connectivity index (χ3v) is 3.09. The van der Waals surface area contributed by atoms with Crippen molar-refractivity contribution in [3.8, 4) is 0 Å². The quantitative estimate of drug-likeness (QED) is 0.822. The average molecular weight is 254 g/mol. The summed E-state index contributed by atoms with van der Waals surface area (Å²) in [7, 11) is 0. The highest BCUT2D eigenvalue weighted by molar-refractivity contribution is 7.07. The fraction of sp³-hybridized carbons (Fsp3) is 0.167. The van der Waals surface area contributed by atoms with Crippen LogP contribution in [0.2, 0.25) is 0 Å². The largest absolute Gasteiger partial charge is 0.399 e. The minimum Gasteiger partial charge on any atom is -0.399 e. The molecule has 90 valence electrons. The van der Waals surface area contributed by atoms with Crippen molar-refractivity contribution in [3.05, 3.63) is 46.2 Å². The van der Waals surface area contributed by atoms with E-state index in [0.717, 1.165) is 24.1 Å². The zero-order valence-electron chi connectivity index (χ0n) is 9.04. The van der Waals surface area contributed by atoms with Gasteiger partial charge in [-0.15, -0.1) is 0 Å². The van der Waals surface area contributed by atoms with Crippen molar-refractivity contribution in [1.29, 1.82) is 0 Å². The number of nitrogen functional groups attached to an aromatic ring is 1. The van der Waals surface area contributed by atoms with Gasteiger partial charge in [0.1, 0.15) is 5.69 Å². The molecule has 2 aromatic rings. The van der Waals surface area contributed by atoms with E-state index in [2.05, 4.69) is 5.32 Å². The maximum absolute atomic E-state index is 13.4. The molecule has 0 aliphatic heterocycles. The number of halogens is 2. The molecule has 0 bridgehead atoms. The molecule has 2 nitrogen and oxygen atoms in total. The lowest BCUT2D eigenvalue weighted by Crippen LogP contribution is -2.08. The Morgan fingerprint density at radius 2 is 1.94 bits per heavy atom. The number of anilines is 2. The highest BCUT2D eigenvalue weighted by Crippen LogP contribution is 2.21. The second-order valence-electron chi connectivity index (χ2n) is 3.67. The van der Waals surface area contributed by atoms with Crippen LogP contribution >= 0.6 is 11.3 Å². The number of hydrogen-bond donors (Lipinski definition) is 2. The van der Waals surface area contributed by atoms with Crippen molar-refractivity contribution in [2.75, 3.05) is 17.6 Å². The molecule has 0 spiro atoms. The Labute approximate surface area is 102 Å². The summed E-state index contributed by atoms with van der Waals surface area (Å²) in [4.78, 5) is 0. The zero-order chi connectivity index (χ0) is 12.3. The van der Waals surface area contributed by atoms with Crippen LogP contribution in [0, 0.1) is 11.6 Å². The highest BCUT2D eigenvalue weighted by atomic mass is 32.1. The molecule has 0 aliphatic rings. The Balaban J connectivity index is 1.99. The van der Waals surface area contributed by atoms with Gasteiger partial charge in [0.05, 0.1) is 0 Å². The van der Waals surface area contributed by atoms with Crippen molar-refractivity contribution >= 4 is 22.7 Å². The first kappa shape index (κ1) is 11.9. The minimum atomic E-state index is -0.659. The Kier molecular flexibility index (Phi) is 3.58. The Morgan fingerprint density at radius 1 is 1.24 bits per heavy atom. The first-order valence-electron chi connectivity index (χ1n) is 5.16. The second kappa shape index (κ2) is 5.14. The summed E-state index contributed by atoms with van der Waals surface area (Å²) in [6.07, 6.45) is 0.729. The van der Waals surface area contributed by atoms with Gasteiger partial charge in [-0.05, 0) is 40.9 Å². The number of rotatable bonds is 4. The van der Waals surface area contributed by atoms with E-state index in [4.69, 9.17) is 5.73 Å². The first-order chi connectivity index (χ1) is 8.16. The van der Waals surface area contributed by atoms with Crippen LogP contribution in [0.5, 0.6) is 0 Å². The Bertz CT molecular complexity index is 474.